The van der Waals surface area contributed by atoms with Crippen LogP contribution in [-0.2, 0) is 35.3 Å². The normalized spacial score (nSPS) is 29.2. The third-order valence-electron chi connectivity index (χ3n) is 6.97. The molecular weight excluding hydrogens is 372 g/mol. The summed E-state index contributed by atoms with van der Waals surface area (Å²) in [5.74, 6) is 0. The zero-order valence-corrected chi connectivity index (χ0v) is 17.7. The van der Waals surface area contributed by atoms with Gasteiger partial charge in [0.15, 0.2) is 0 Å². The van der Waals surface area contributed by atoms with Crippen molar-refractivity contribution in [2.75, 3.05) is 19.8 Å². The van der Waals surface area contributed by atoms with Crippen LogP contribution < -0.4 is 0 Å². The minimum Gasteiger partial charge on any atom is -0.394 e. The van der Waals surface area contributed by atoms with Gasteiger partial charge < -0.3 is 9.84 Å². The Morgan fingerprint density at radius 3 is 2.93 bits per heavy atom. The average Bonchev–Trinajstić information content (AvgIpc) is 3.14. The summed E-state index contributed by atoms with van der Waals surface area (Å²) in [5.41, 5.74) is 2.19. The summed E-state index contributed by atoms with van der Waals surface area (Å²) in [4.78, 5) is 5.54. The zero-order chi connectivity index (χ0) is 19.4. The highest BCUT2D eigenvalue weighted by molar-refractivity contribution is 7.12. The van der Waals surface area contributed by atoms with E-state index in [1.807, 2.05) is 22.2 Å². The number of thiophene rings is 1. The van der Waals surface area contributed by atoms with Gasteiger partial charge >= 0.3 is 0 Å². The molecule has 1 saturated carbocycles. The third-order valence-corrected chi connectivity index (χ3v) is 8.31. The van der Waals surface area contributed by atoms with Crippen molar-refractivity contribution in [3.05, 3.63) is 33.3 Å². The minimum absolute atomic E-state index is 0.0972. The van der Waals surface area contributed by atoms with Crippen LogP contribution in [0.25, 0.3) is 0 Å². The van der Waals surface area contributed by atoms with Crippen molar-refractivity contribution < 1.29 is 9.84 Å². The highest BCUT2D eigenvalue weighted by Crippen LogP contribution is 2.46. The van der Waals surface area contributed by atoms with E-state index in [9.17, 15) is 5.11 Å². The second-order valence-electron chi connectivity index (χ2n) is 8.81. The summed E-state index contributed by atoms with van der Waals surface area (Å²) in [5, 5.41) is 18.3. The summed E-state index contributed by atoms with van der Waals surface area (Å²) >= 11 is 1.99. The van der Waals surface area contributed by atoms with Crippen LogP contribution in [0, 0.1) is 0 Å². The molecule has 2 atom stereocenters. The van der Waals surface area contributed by atoms with E-state index in [1.54, 1.807) is 4.88 Å². The first-order valence-electron chi connectivity index (χ1n) is 10.6. The molecule has 2 fully saturated rings. The van der Waals surface area contributed by atoms with Crippen LogP contribution in [0.5, 0.6) is 0 Å². The third kappa shape index (κ3) is 3.03. The Hall–Kier alpha value is -1.28. The number of likely N-dealkylation sites (tertiary alicyclic amines) is 1. The van der Waals surface area contributed by atoms with Crippen LogP contribution in [0.4, 0.5) is 0 Å². The molecule has 1 spiro atoms. The van der Waals surface area contributed by atoms with Gasteiger partial charge in [-0.3, -0.25) is 4.90 Å². The number of aryl methyl sites for hydroxylation is 1. The predicted octanol–water partition coefficient (Wildman–Crippen LogP) is 2.84. The molecule has 0 radical (unpaired) electrons. The summed E-state index contributed by atoms with van der Waals surface area (Å²) in [7, 11) is 0. The molecule has 0 bridgehead atoms. The lowest BCUT2D eigenvalue weighted by atomic mass is 9.79. The molecule has 1 N–H and O–H groups in total. The van der Waals surface area contributed by atoms with Crippen LogP contribution >= 0.6 is 11.3 Å². The molecule has 1 aliphatic carbocycles. The smallest absolute Gasteiger partial charge is 0.0969 e. The molecule has 7 heteroatoms. The van der Waals surface area contributed by atoms with Gasteiger partial charge in [0.1, 0.15) is 0 Å². The van der Waals surface area contributed by atoms with Crippen molar-refractivity contribution in [3.8, 4) is 0 Å². The topological polar surface area (TPSA) is 63.4 Å². The van der Waals surface area contributed by atoms with Crippen molar-refractivity contribution in [2.45, 2.75) is 76.1 Å². The van der Waals surface area contributed by atoms with Gasteiger partial charge in [0, 0.05) is 35.3 Å². The highest BCUT2D eigenvalue weighted by atomic mass is 32.1. The molecule has 2 aliphatic heterocycles. The Bertz CT molecular complexity index is 858. The number of hydrogen-bond acceptors (Lipinski definition) is 6. The number of hydrogen-bond donors (Lipinski definition) is 1. The molecule has 0 aromatic carbocycles. The molecule has 3 aliphatic rings. The minimum atomic E-state index is -0.176. The van der Waals surface area contributed by atoms with Gasteiger partial charge in [-0.2, -0.15) is 0 Å². The van der Waals surface area contributed by atoms with Crippen molar-refractivity contribution in [2.24, 2.45) is 0 Å². The van der Waals surface area contributed by atoms with E-state index in [0.717, 1.165) is 63.9 Å². The lowest BCUT2D eigenvalue weighted by molar-refractivity contribution is -0.112. The van der Waals surface area contributed by atoms with E-state index in [4.69, 9.17) is 4.74 Å². The fraction of sp³-hybridized carbons (Fsp3) is 0.714. The second kappa shape index (κ2) is 6.90. The predicted molar refractivity (Wildman–Crippen MR) is 108 cm³/mol. The SMILES string of the molecule is CCc1cc2c(s1)CCO[C@@]21CCN(Cc2cn(C3(CO)CC3)nn2)[C@@H](C)C1. The number of aliphatic hydroxyl groups excluding tert-OH is 1. The van der Waals surface area contributed by atoms with Crippen molar-refractivity contribution in [1.82, 2.24) is 19.9 Å². The van der Waals surface area contributed by atoms with Crippen LogP contribution in [0.2, 0.25) is 0 Å². The summed E-state index contributed by atoms with van der Waals surface area (Å²) < 4.78 is 8.33. The van der Waals surface area contributed by atoms with Gasteiger partial charge in [0.25, 0.3) is 0 Å². The first kappa shape index (κ1) is 18.7. The highest BCUT2D eigenvalue weighted by Gasteiger charge is 2.46. The average molecular weight is 403 g/mol. The fourth-order valence-electron chi connectivity index (χ4n) is 4.92. The second-order valence-corrected chi connectivity index (χ2v) is 10.0. The number of rotatable bonds is 5. The maximum Gasteiger partial charge on any atom is 0.0969 e. The summed E-state index contributed by atoms with van der Waals surface area (Å²) in [6.45, 7) is 7.38. The van der Waals surface area contributed by atoms with E-state index >= 15 is 0 Å². The molecule has 2 aromatic heterocycles. The van der Waals surface area contributed by atoms with Crippen LogP contribution in [-0.4, -0.2) is 50.8 Å². The van der Waals surface area contributed by atoms with Gasteiger partial charge in [-0.15, -0.1) is 16.4 Å². The number of aliphatic hydroxyl groups is 1. The molecule has 4 heterocycles. The molecule has 2 aromatic rings. The Morgan fingerprint density at radius 1 is 1.36 bits per heavy atom. The van der Waals surface area contributed by atoms with Crippen LogP contribution in [0.3, 0.4) is 0 Å². The van der Waals surface area contributed by atoms with Crippen molar-refractivity contribution in [1.29, 1.82) is 0 Å². The van der Waals surface area contributed by atoms with Crippen molar-refractivity contribution in [3.63, 3.8) is 0 Å². The molecule has 1 saturated heterocycles. The van der Waals surface area contributed by atoms with Gasteiger partial charge in [-0.1, -0.05) is 12.1 Å². The molecule has 152 valence electrons. The van der Waals surface area contributed by atoms with E-state index in [-0.39, 0.29) is 17.7 Å². The van der Waals surface area contributed by atoms with Crippen molar-refractivity contribution >= 4 is 11.3 Å². The molecular formula is C21H30N4O2S. The van der Waals surface area contributed by atoms with Gasteiger partial charge in [0.05, 0.1) is 36.2 Å². The van der Waals surface area contributed by atoms with E-state index < -0.39 is 0 Å². The zero-order valence-electron chi connectivity index (χ0n) is 16.9. The Labute approximate surface area is 170 Å². The fourth-order valence-corrected chi connectivity index (χ4v) is 6.10. The monoisotopic (exact) mass is 402 g/mol. The number of piperidine rings is 1. The van der Waals surface area contributed by atoms with Crippen LogP contribution in [0.1, 0.15) is 60.5 Å². The summed E-state index contributed by atoms with van der Waals surface area (Å²) in [6, 6.07) is 2.85. The quantitative estimate of drug-likeness (QED) is 0.833. The van der Waals surface area contributed by atoms with Crippen LogP contribution in [0.15, 0.2) is 12.3 Å². The Kier molecular flexibility index (Phi) is 4.62. The molecule has 28 heavy (non-hydrogen) atoms. The standard InChI is InChI=1S/C21H30N4O2S/c1-3-17-10-18-19(28-17)4-9-27-21(18)7-8-24(15(2)11-21)12-16-13-25(23-22-16)20(14-26)5-6-20/h10,13,15,26H,3-9,11-12,14H2,1-2H3/t15-,21+/m0/s1. The van der Waals surface area contributed by atoms with Gasteiger partial charge in [0.2, 0.25) is 0 Å². The first-order chi connectivity index (χ1) is 13.6. The maximum absolute atomic E-state index is 9.61. The largest absolute Gasteiger partial charge is 0.394 e. The number of nitrogens with zero attached hydrogens (tertiary/aromatic N) is 4. The summed E-state index contributed by atoms with van der Waals surface area (Å²) in [6.07, 6.45) is 8.27. The number of ether oxygens (including phenoxy) is 1. The Balaban J connectivity index is 1.30. The lowest BCUT2D eigenvalue weighted by Gasteiger charge is -2.47. The van der Waals surface area contributed by atoms with E-state index in [0.29, 0.717) is 6.04 Å². The molecule has 0 amide bonds. The number of aromatic nitrogens is 3. The van der Waals surface area contributed by atoms with E-state index in [1.165, 1.54) is 10.4 Å². The molecule has 0 unspecified atom stereocenters. The number of fused-ring (bicyclic) bond motifs is 2. The molecule has 6 nitrogen and oxygen atoms in total. The Morgan fingerprint density at radius 2 is 2.21 bits per heavy atom. The lowest BCUT2D eigenvalue weighted by Crippen LogP contribution is -2.50. The maximum atomic E-state index is 9.61. The van der Waals surface area contributed by atoms with Gasteiger partial charge in [-0.25, -0.2) is 4.68 Å². The van der Waals surface area contributed by atoms with Gasteiger partial charge in [-0.05, 0) is 50.7 Å². The van der Waals surface area contributed by atoms with E-state index in [2.05, 4.69) is 35.1 Å². The molecule has 5 rings (SSSR count). The first-order valence-corrected chi connectivity index (χ1v) is 11.4.